The van der Waals surface area contributed by atoms with Crippen LogP contribution in [-0.4, -0.2) is 14.5 Å². The number of nitro groups is 1. The van der Waals surface area contributed by atoms with Gasteiger partial charge in [-0.25, -0.2) is 4.98 Å². The maximum atomic E-state index is 12.1. The lowest BCUT2D eigenvalue weighted by atomic mass is 10.2. The van der Waals surface area contributed by atoms with Crippen molar-refractivity contribution in [2.45, 2.75) is 13.5 Å². The van der Waals surface area contributed by atoms with Gasteiger partial charge in [-0.3, -0.25) is 19.5 Å². The molecule has 1 aromatic carbocycles. The van der Waals surface area contributed by atoms with E-state index in [1.807, 2.05) is 22.6 Å². The van der Waals surface area contributed by atoms with Crippen LogP contribution in [0.15, 0.2) is 33.7 Å². The number of benzene rings is 1. The third kappa shape index (κ3) is 3.06. The molecular formula is C12H9BrIN3O3. The van der Waals surface area contributed by atoms with Crippen LogP contribution in [0, 0.1) is 20.6 Å². The van der Waals surface area contributed by atoms with Crippen LogP contribution in [0.3, 0.4) is 0 Å². The summed E-state index contributed by atoms with van der Waals surface area (Å²) < 4.78 is 2.53. The van der Waals surface area contributed by atoms with Gasteiger partial charge in [0, 0.05) is 22.3 Å². The molecule has 8 heteroatoms. The first-order valence-electron chi connectivity index (χ1n) is 5.55. The summed E-state index contributed by atoms with van der Waals surface area (Å²) in [5.41, 5.74) is 0.243. The molecule has 2 aromatic rings. The van der Waals surface area contributed by atoms with Gasteiger partial charge in [-0.05, 0) is 41.6 Å². The Morgan fingerprint density at radius 2 is 2.20 bits per heavy atom. The van der Waals surface area contributed by atoms with Crippen molar-refractivity contribution in [1.29, 1.82) is 0 Å². The Morgan fingerprint density at radius 3 is 2.85 bits per heavy atom. The average molecular weight is 450 g/mol. The minimum Gasteiger partial charge on any atom is -0.291 e. The van der Waals surface area contributed by atoms with Crippen molar-refractivity contribution < 1.29 is 4.92 Å². The van der Waals surface area contributed by atoms with Crippen molar-refractivity contribution in [2.75, 3.05) is 0 Å². The van der Waals surface area contributed by atoms with Crippen molar-refractivity contribution in [3.05, 3.63) is 64.3 Å². The lowest BCUT2D eigenvalue weighted by molar-refractivity contribution is -0.385. The molecule has 0 N–H and O–H groups in total. The molecular weight excluding hydrogens is 441 g/mol. The average Bonchev–Trinajstić information content (AvgIpc) is 2.40. The van der Waals surface area contributed by atoms with Gasteiger partial charge in [0.1, 0.15) is 5.82 Å². The van der Waals surface area contributed by atoms with Gasteiger partial charge in [-0.1, -0.05) is 15.9 Å². The standard InChI is InChI=1S/C12H9BrIN3O3/c1-7-15-5-10(14)12(18)16(7)6-8-2-3-9(13)4-11(8)17(19)20/h2-5H,6H2,1H3. The van der Waals surface area contributed by atoms with Crippen LogP contribution in [0.5, 0.6) is 0 Å². The normalized spacial score (nSPS) is 10.6. The number of nitrogens with zero attached hydrogens (tertiary/aromatic N) is 3. The van der Waals surface area contributed by atoms with Crippen molar-refractivity contribution in [3.8, 4) is 0 Å². The first kappa shape index (κ1) is 15.1. The van der Waals surface area contributed by atoms with E-state index in [2.05, 4.69) is 20.9 Å². The van der Waals surface area contributed by atoms with Crippen molar-refractivity contribution >= 4 is 44.2 Å². The Morgan fingerprint density at radius 1 is 1.50 bits per heavy atom. The third-order valence-electron chi connectivity index (χ3n) is 2.78. The Balaban J connectivity index is 2.54. The van der Waals surface area contributed by atoms with E-state index in [0.29, 0.717) is 19.4 Å². The summed E-state index contributed by atoms with van der Waals surface area (Å²) in [5.74, 6) is 0.521. The molecule has 0 atom stereocenters. The molecule has 0 fully saturated rings. The maximum Gasteiger partial charge on any atom is 0.275 e. The fraction of sp³-hybridized carbons (Fsp3) is 0.167. The molecule has 6 nitrogen and oxygen atoms in total. The topological polar surface area (TPSA) is 78.0 Å². The number of hydrogen-bond donors (Lipinski definition) is 0. The Kier molecular flexibility index (Phi) is 4.53. The number of hydrogen-bond acceptors (Lipinski definition) is 4. The highest BCUT2D eigenvalue weighted by atomic mass is 127. The highest BCUT2D eigenvalue weighted by Gasteiger charge is 2.16. The summed E-state index contributed by atoms with van der Waals surface area (Å²) in [6, 6.07) is 4.77. The van der Waals surface area contributed by atoms with Crippen LogP contribution in [0.1, 0.15) is 11.4 Å². The molecule has 104 valence electrons. The monoisotopic (exact) mass is 449 g/mol. The fourth-order valence-electron chi connectivity index (χ4n) is 1.75. The zero-order valence-electron chi connectivity index (χ0n) is 10.3. The molecule has 0 saturated heterocycles. The Hall–Kier alpha value is -1.29. The van der Waals surface area contributed by atoms with E-state index in [4.69, 9.17) is 0 Å². The SMILES string of the molecule is Cc1ncc(I)c(=O)n1Cc1ccc(Br)cc1[N+](=O)[O-]. The van der Waals surface area contributed by atoms with Crippen LogP contribution >= 0.6 is 38.5 Å². The van der Waals surface area contributed by atoms with Gasteiger partial charge >= 0.3 is 0 Å². The lowest BCUT2D eigenvalue weighted by Crippen LogP contribution is -2.26. The number of aromatic nitrogens is 2. The second kappa shape index (κ2) is 6.00. The summed E-state index contributed by atoms with van der Waals surface area (Å²) in [7, 11) is 0. The molecule has 0 unspecified atom stereocenters. The van der Waals surface area contributed by atoms with Crippen LogP contribution < -0.4 is 5.56 Å². The molecule has 0 saturated carbocycles. The largest absolute Gasteiger partial charge is 0.291 e. The number of halogens is 2. The zero-order chi connectivity index (χ0) is 14.9. The molecule has 2 rings (SSSR count). The van der Waals surface area contributed by atoms with Gasteiger partial charge in [0.2, 0.25) is 0 Å². The quantitative estimate of drug-likeness (QED) is 0.410. The summed E-state index contributed by atoms with van der Waals surface area (Å²) in [5, 5.41) is 11.1. The second-order valence-electron chi connectivity index (χ2n) is 4.07. The smallest absolute Gasteiger partial charge is 0.275 e. The van der Waals surface area contributed by atoms with E-state index >= 15 is 0 Å². The van der Waals surface area contributed by atoms with Gasteiger partial charge in [0.15, 0.2) is 0 Å². The highest BCUT2D eigenvalue weighted by Crippen LogP contribution is 2.24. The van der Waals surface area contributed by atoms with Crippen molar-refractivity contribution in [1.82, 2.24) is 9.55 Å². The first-order valence-corrected chi connectivity index (χ1v) is 7.42. The molecule has 0 aliphatic carbocycles. The van der Waals surface area contributed by atoms with E-state index in [1.54, 1.807) is 19.1 Å². The minimum absolute atomic E-state index is 0.0236. The van der Waals surface area contributed by atoms with Gasteiger partial charge in [0.25, 0.3) is 11.2 Å². The lowest BCUT2D eigenvalue weighted by Gasteiger charge is -2.10. The molecule has 1 aromatic heterocycles. The van der Waals surface area contributed by atoms with Crippen molar-refractivity contribution in [3.63, 3.8) is 0 Å². The molecule has 0 aliphatic heterocycles. The summed E-state index contributed by atoms with van der Waals surface area (Å²) in [4.78, 5) is 26.8. The molecule has 0 aliphatic rings. The predicted molar refractivity (Wildman–Crippen MR) is 85.8 cm³/mol. The summed E-state index contributed by atoms with van der Waals surface area (Å²) in [6.07, 6.45) is 1.49. The highest BCUT2D eigenvalue weighted by molar-refractivity contribution is 14.1. The van der Waals surface area contributed by atoms with Crippen molar-refractivity contribution in [2.24, 2.45) is 0 Å². The number of aryl methyl sites for hydroxylation is 1. The first-order chi connectivity index (χ1) is 9.40. The molecule has 20 heavy (non-hydrogen) atoms. The summed E-state index contributed by atoms with van der Waals surface area (Å²) in [6.45, 7) is 1.82. The van der Waals surface area contributed by atoms with Gasteiger partial charge < -0.3 is 0 Å². The van der Waals surface area contributed by atoms with E-state index in [-0.39, 0.29) is 17.8 Å². The zero-order valence-corrected chi connectivity index (χ0v) is 14.1. The summed E-state index contributed by atoms with van der Waals surface area (Å²) >= 11 is 5.10. The Bertz CT molecular complexity index is 745. The second-order valence-corrected chi connectivity index (χ2v) is 6.15. The van der Waals surface area contributed by atoms with Crippen LogP contribution in [0.4, 0.5) is 5.69 Å². The molecule has 0 amide bonds. The van der Waals surface area contributed by atoms with Crippen LogP contribution in [0.2, 0.25) is 0 Å². The molecule has 0 bridgehead atoms. The van der Waals surface area contributed by atoms with Gasteiger partial charge in [0.05, 0.1) is 15.0 Å². The molecule has 1 heterocycles. The van der Waals surface area contributed by atoms with Crippen LogP contribution in [-0.2, 0) is 6.54 Å². The van der Waals surface area contributed by atoms with E-state index in [1.165, 1.54) is 16.8 Å². The minimum atomic E-state index is -0.457. The molecule has 0 spiro atoms. The molecule has 0 radical (unpaired) electrons. The van der Waals surface area contributed by atoms with Crippen LogP contribution in [0.25, 0.3) is 0 Å². The predicted octanol–water partition coefficient (Wildman–Crippen LogP) is 2.88. The third-order valence-corrected chi connectivity index (χ3v) is 4.01. The number of nitro benzene ring substituents is 1. The van der Waals surface area contributed by atoms with Gasteiger partial charge in [-0.15, -0.1) is 0 Å². The van der Waals surface area contributed by atoms with E-state index in [9.17, 15) is 14.9 Å². The van der Waals surface area contributed by atoms with Gasteiger partial charge in [-0.2, -0.15) is 0 Å². The Labute approximate surface area is 136 Å². The van der Waals surface area contributed by atoms with E-state index in [0.717, 1.165) is 0 Å². The fourth-order valence-corrected chi connectivity index (χ4v) is 2.53. The van der Waals surface area contributed by atoms with E-state index < -0.39 is 4.92 Å². The maximum absolute atomic E-state index is 12.1. The number of rotatable bonds is 3.